The van der Waals surface area contributed by atoms with Gasteiger partial charge in [0.2, 0.25) is 0 Å². The van der Waals surface area contributed by atoms with Crippen LogP contribution in [-0.4, -0.2) is 24.2 Å². The summed E-state index contributed by atoms with van der Waals surface area (Å²) in [4.78, 5) is 1.74. The molecule has 23 heavy (non-hydrogen) atoms. The molecule has 2 aromatic carbocycles. The van der Waals surface area contributed by atoms with Gasteiger partial charge in [0.15, 0.2) is 16.7 Å². The van der Waals surface area contributed by atoms with Crippen LogP contribution in [0.2, 0.25) is 0 Å². The van der Waals surface area contributed by atoms with Gasteiger partial charge in [0.25, 0.3) is 0 Å². The lowest BCUT2D eigenvalue weighted by Crippen LogP contribution is -2.30. The number of hydrogen-bond acceptors (Lipinski definition) is 2. The smallest absolute Gasteiger partial charge is 0.173 e. The maximum absolute atomic E-state index is 13.7. The summed E-state index contributed by atoms with van der Waals surface area (Å²) >= 11 is 5.29. The van der Waals surface area contributed by atoms with E-state index in [1.807, 2.05) is 0 Å². The lowest BCUT2D eigenvalue weighted by atomic mass is 10.2. The first kappa shape index (κ1) is 17.1. The first-order chi connectivity index (χ1) is 10.9. The SMILES string of the molecule is COc1ccc(CN(C)C(=S)Nc2ccc(C)c(F)c2)cc1F. The van der Waals surface area contributed by atoms with E-state index in [0.29, 0.717) is 22.9 Å². The van der Waals surface area contributed by atoms with Crippen molar-refractivity contribution in [2.75, 3.05) is 19.5 Å². The highest BCUT2D eigenvalue weighted by Gasteiger charge is 2.09. The van der Waals surface area contributed by atoms with Gasteiger partial charge < -0.3 is 15.0 Å². The number of nitrogens with zero attached hydrogens (tertiary/aromatic N) is 1. The van der Waals surface area contributed by atoms with Crippen molar-refractivity contribution in [3.63, 3.8) is 0 Å². The van der Waals surface area contributed by atoms with Crippen molar-refractivity contribution in [1.82, 2.24) is 4.90 Å². The highest BCUT2D eigenvalue weighted by Crippen LogP contribution is 2.19. The van der Waals surface area contributed by atoms with Crippen LogP contribution in [0, 0.1) is 18.6 Å². The van der Waals surface area contributed by atoms with Crippen molar-refractivity contribution >= 4 is 23.0 Å². The Morgan fingerprint density at radius 1 is 1.17 bits per heavy atom. The Bertz CT molecular complexity index is 722. The van der Waals surface area contributed by atoms with Crippen LogP contribution >= 0.6 is 12.2 Å². The number of methoxy groups -OCH3 is 1. The molecule has 0 aliphatic rings. The molecule has 0 unspecified atom stereocenters. The highest BCUT2D eigenvalue weighted by molar-refractivity contribution is 7.80. The summed E-state index contributed by atoms with van der Waals surface area (Å²) in [7, 11) is 3.20. The zero-order valence-corrected chi connectivity index (χ0v) is 14.0. The van der Waals surface area contributed by atoms with E-state index in [0.717, 1.165) is 5.56 Å². The fourth-order valence-electron chi connectivity index (χ4n) is 2.04. The van der Waals surface area contributed by atoms with Crippen LogP contribution in [-0.2, 0) is 6.54 Å². The molecule has 0 saturated heterocycles. The van der Waals surface area contributed by atoms with Crippen LogP contribution in [0.3, 0.4) is 0 Å². The number of nitrogens with one attached hydrogen (secondary N) is 1. The number of aryl methyl sites for hydroxylation is 1. The zero-order chi connectivity index (χ0) is 17.0. The molecule has 2 aromatic rings. The number of rotatable bonds is 4. The Balaban J connectivity index is 2.02. The topological polar surface area (TPSA) is 24.5 Å². The summed E-state index contributed by atoms with van der Waals surface area (Å²) in [6.07, 6.45) is 0. The van der Waals surface area contributed by atoms with Crippen molar-refractivity contribution in [1.29, 1.82) is 0 Å². The van der Waals surface area contributed by atoms with E-state index in [4.69, 9.17) is 17.0 Å². The van der Waals surface area contributed by atoms with Crippen molar-refractivity contribution in [3.05, 3.63) is 59.2 Å². The second-order valence-electron chi connectivity index (χ2n) is 5.22. The van der Waals surface area contributed by atoms with Crippen LogP contribution in [0.15, 0.2) is 36.4 Å². The Morgan fingerprint density at radius 2 is 1.91 bits per heavy atom. The molecule has 1 N–H and O–H groups in total. The molecule has 0 heterocycles. The Morgan fingerprint density at radius 3 is 2.52 bits per heavy atom. The van der Waals surface area contributed by atoms with Crippen molar-refractivity contribution in [3.8, 4) is 5.75 Å². The molecule has 0 aliphatic heterocycles. The van der Waals surface area contributed by atoms with Crippen LogP contribution in [0.5, 0.6) is 5.75 Å². The molecule has 0 aromatic heterocycles. The van der Waals surface area contributed by atoms with Gasteiger partial charge in [-0.25, -0.2) is 8.78 Å². The monoisotopic (exact) mass is 336 g/mol. The lowest BCUT2D eigenvalue weighted by molar-refractivity contribution is 0.385. The van der Waals surface area contributed by atoms with Crippen LogP contribution in [0.25, 0.3) is 0 Å². The predicted molar refractivity (Wildman–Crippen MR) is 91.8 cm³/mol. The summed E-state index contributed by atoms with van der Waals surface area (Å²) in [6, 6.07) is 9.58. The molecule has 2 rings (SSSR count). The molecule has 6 heteroatoms. The van der Waals surface area contributed by atoms with Crippen LogP contribution in [0.1, 0.15) is 11.1 Å². The predicted octanol–water partition coefficient (Wildman–Crippen LogP) is 4.11. The van der Waals surface area contributed by atoms with E-state index in [1.54, 1.807) is 43.1 Å². The number of ether oxygens (including phenoxy) is 1. The molecule has 0 fully saturated rings. The van der Waals surface area contributed by atoms with Gasteiger partial charge >= 0.3 is 0 Å². The highest BCUT2D eigenvalue weighted by atomic mass is 32.1. The second kappa shape index (κ2) is 7.37. The van der Waals surface area contributed by atoms with E-state index >= 15 is 0 Å². The van der Waals surface area contributed by atoms with Gasteiger partial charge in [0.1, 0.15) is 5.82 Å². The minimum atomic E-state index is -0.419. The fourth-order valence-corrected chi connectivity index (χ4v) is 2.23. The van der Waals surface area contributed by atoms with Crippen molar-refractivity contribution < 1.29 is 13.5 Å². The summed E-state index contributed by atoms with van der Waals surface area (Å²) in [6.45, 7) is 2.11. The largest absolute Gasteiger partial charge is 0.494 e. The van der Waals surface area contributed by atoms with Gasteiger partial charge in [0, 0.05) is 19.3 Å². The van der Waals surface area contributed by atoms with Gasteiger partial charge in [-0.1, -0.05) is 12.1 Å². The lowest BCUT2D eigenvalue weighted by Gasteiger charge is -2.21. The van der Waals surface area contributed by atoms with E-state index in [9.17, 15) is 8.78 Å². The number of anilines is 1. The molecule has 0 aliphatic carbocycles. The van der Waals surface area contributed by atoms with Crippen LogP contribution in [0.4, 0.5) is 14.5 Å². The Kier molecular flexibility index (Phi) is 5.50. The Hall–Kier alpha value is -2.21. The molecule has 0 amide bonds. The molecule has 3 nitrogen and oxygen atoms in total. The van der Waals surface area contributed by atoms with E-state index in [1.165, 1.54) is 19.2 Å². The summed E-state index contributed by atoms with van der Waals surface area (Å²) in [5, 5.41) is 3.39. The van der Waals surface area contributed by atoms with Crippen LogP contribution < -0.4 is 10.1 Å². The van der Waals surface area contributed by atoms with Gasteiger partial charge in [-0.15, -0.1) is 0 Å². The maximum atomic E-state index is 13.7. The van der Waals surface area contributed by atoms with Crippen molar-refractivity contribution in [2.24, 2.45) is 0 Å². The van der Waals surface area contributed by atoms with E-state index in [2.05, 4.69) is 5.32 Å². The van der Waals surface area contributed by atoms with E-state index in [-0.39, 0.29) is 11.6 Å². The molecule has 122 valence electrons. The standard InChI is InChI=1S/C17H18F2N2OS/c1-11-4-6-13(9-14(11)18)20-17(23)21(2)10-12-5-7-16(22-3)15(19)8-12/h4-9H,10H2,1-3H3,(H,20,23). The van der Waals surface area contributed by atoms with Gasteiger partial charge in [-0.3, -0.25) is 0 Å². The van der Waals surface area contributed by atoms with E-state index < -0.39 is 5.82 Å². The molecule has 0 radical (unpaired) electrons. The molecular formula is C17H18F2N2OS. The average molecular weight is 336 g/mol. The Labute approximate surface area is 139 Å². The average Bonchev–Trinajstić information content (AvgIpc) is 2.51. The number of halogens is 2. The minimum Gasteiger partial charge on any atom is -0.494 e. The van der Waals surface area contributed by atoms with Gasteiger partial charge in [0.05, 0.1) is 7.11 Å². The number of hydrogen-bond donors (Lipinski definition) is 1. The first-order valence-corrected chi connectivity index (χ1v) is 7.42. The van der Waals surface area contributed by atoms with Gasteiger partial charge in [-0.2, -0.15) is 0 Å². The second-order valence-corrected chi connectivity index (χ2v) is 5.61. The molecule has 0 spiro atoms. The number of benzene rings is 2. The maximum Gasteiger partial charge on any atom is 0.173 e. The summed E-state index contributed by atoms with van der Waals surface area (Å²) in [5.74, 6) is -0.511. The first-order valence-electron chi connectivity index (χ1n) is 7.01. The van der Waals surface area contributed by atoms with Crippen molar-refractivity contribution in [2.45, 2.75) is 13.5 Å². The molecule has 0 bridgehead atoms. The minimum absolute atomic E-state index is 0.201. The third kappa shape index (κ3) is 4.39. The summed E-state index contributed by atoms with van der Waals surface area (Å²) in [5.41, 5.74) is 1.90. The molecule has 0 saturated carbocycles. The fraction of sp³-hybridized carbons (Fsp3) is 0.235. The third-order valence-electron chi connectivity index (χ3n) is 3.41. The number of thiocarbonyl (C=S) groups is 1. The molecular weight excluding hydrogens is 318 g/mol. The summed E-state index contributed by atoms with van der Waals surface area (Å²) < 4.78 is 32.1. The van der Waals surface area contributed by atoms with Gasteiger partial charge in [-0.05, 0) is 54.5 Å². The zero-order valence-electron chi connectivity index (χ0n) is 13.2. The quantitative estimate of drug-likeness (QED) is 0.849. The third-order valence-corrected chi connectivity index (χ3v) is 3.82. The normalized spacial score (nSPS) is 10.3. The molecule has 0 atom stereocenters.